The molecule has 0 unspecified atom stereocenters. The van der Waals surface area contributed by atoms with Gasteiger partial charge >= 0.3 is 11.3 Å². The van der Waals surface area contributed by atoms with E-state index < -0.39 is 60.9 Å². The van der Waals surface area contributed by atoms with Gasteiger partial charge in [-0.05, 0) is 38.1 Å². The van der Waals surface area contributed by atoms with Crippen molar-refractivity contribution < 1.29 is 28.3 Å². The highest BCUT2D eigenvalue weighted by atomic mass is 35.5. The van der Waals surface area contributed by atoms with Crippen LogP contribution in [0.25, 0.3) is 21.9 Å². The average Bonchev–Trinajstić information content (AvgIpc) is 2.86. The summed E-state index contributed by atoms with van der Waals surface area (Å²) in [5.41, 5.74) is 0.445. The van der Waals surface area contributed by atoms with Crippen molar-refractivity contribution in [2.45, 2.75) is 19.3 Å². The number of aryl methyl sites for hydroxylation is 2. The van der Waals surface area contributed by atoms with Crippen LogP contribution in [0.4, 0.5) is 0 Å². The van der Waals surface area contributed by atoms with Crippen molar-refractivity contribution in [3.63, 3.8) is 0 Å². The highest BCUT2D eigenvalue weighted by Crippen LogP contribution is 2.57. The molecule has 0 saturated carbocycles. The normalized spacial score (nSPS) is 16.2. The third-order valence-corrected chi connectivity index (χ3v) is 7.61. The maximum absolute atomic E-state index is 14.2. The van der Waals surface area contributed by atoms with Gasteiger partial charge in [0.15, 0.2) is 17.3 Å². The Labute approximate surface area is 222 Å². The molecule has 38 heavy (non-hydrogen) atoms. The Kier molecular flexibility index (Phi) is 4.95. The van der Waals surface area contributed by atoms with Crippen LogP contribution in [-0.2, 0) is 15.0 Å². The monoisotopic (exact) mass is 551 g/mol. The smallest absolute Gasteiger partial charge is 0.345 e. The molecule has 0 fully saturated rings. The number of benzene rings is 2. The Morgan fingerprint density at radius 2 is 1.32 bits per heavy atom. The van der Waals surface area contributed by atoms with Gasteiger partial charge in [-0.25, -0.2) is 9.59 Å². The molecule has 0 bridgehead atoms. The topological polar surface area (TPSA) is 150 Å². The highest BCUT2D eigenvalue weighted by molar-refractivity contribution is 6.52. The van der Waals surface area contributed by atoms with Crippen LogP contribution in [-0.4, -0.2) is 16.8 Å². The van der Waals surface area contributed by atoms with E-state index in [-0.39, 0.29) is 33.4 Å². The van der Waals surface area contributed by atoms with E-state index in [4.69, 9.17) is 42.5 Å². The molecule has 0 atom stereocenters. The van der Waals surface area contributed by atoms with E-state index in [0.29, 0.717) is 0 Å². The van der Waals surface area contributed by atoms with E-state index in [0.717, 1.165) is 11.1 Å². The number of nitrogens with two attached hydrogens (primary N) is 1. The van der Waals surface area contributed by atoms with Crippen LogP contribution in [0.3, 0.4) is 0 Å². The van der Waals surface area contributed by atoms with Crippen molar-refractivity contribution in [2.24, 2.45) is 5.73 Å². The molecule has 1 aliphatic heterocycles. The van der Waals surface area contributed by atoms with E-state index in [1.165, 1.54) is 12.1 Å². The first-order chi connectivity index (χ1) is 18.0. The summed E-state index contributed by atoms with van der Waals surface area (Å²) in [6, 6.07) is 9.74. The first-order valence-electron chi connectivity index (χ1n) is 11.2. The third kappa shape index (κ3) is 2.88. The molecule has 190 valence electrons. The summed E-state index contributed by atoms with van der Waals surface area (Å²) < 4.78 is 17.3. The van der Waals surface area contributed by atoms with E-state index in [9.17, 15) is 24.3 Å². The number of halogens is 2. The second kappa shape index (κ2) is 7.83. The number of ether oxygens (including phenoxy) is 1. The van der Waals surface area contributed by atoms with Crippen molar-refractivity contribution >= 4 is 56.8 Å². The maximum Gasteiger partial charge on any atom is 0.345 e. The minimum atomic E-state index is -2.69. The fourth-order valence-corrected chi connectivity index (χ4v) is 5.62. The summed E-state index contributed by atoms with van der Waals surface area (Å²) in [6.45, 7) is 3.56. The fourth-order valence-electron chi connectivity index (χ4n) is 5.21. The van der Waals surface area contributed by atoms with Gasteiger partial charge in [0.25, 0.3) is 0 Å². The zero-order valence-electron chi connectivity index (χ0n) is 19.6. The zero-order valence-corrected chi connectivity index (χ0v) is 21.1. The predicted molar refractivity (Wildman–Crippen MR) is 138 cm³/mol. The molecule has 9 nitrogen and oxygen atoms in total. The molecule has 2 aliphatic rings. The van der Waals surface area contributed by atoms with Crippen LogP contribution in [0, 0.1) is 13.8 Å². The molecule has 4 aromatic rings. The standard InChI is InChI=1S/C27H15Cl2NO8/c1-9-3-5-13-11(7-9)21-16(25(34)36-13)27(15(24(30)33)20(31)18(28)19(29)23(27)32)17-22(38-21)12-8-10(2)4-6-14(12)37-26(17)35/h3-8,31H,1-2H3,(H2,30,33). The van der Waals surface area contributed by atoms with Gasteiger partial charge in [-0.1, -0.05) is 46.5 Å². The molecule has 0 radical (unpaired) electrons. The number of amides is 1. The number of primary amides is 1. The average molecular weight is 552 g/mol. The summed E-state index contributed by atoms with van der Waals surface area (Å²) in [4.78, 5) is 54.3. The predicted octanol–water partition coefficient (Wildman–Crippen LogP) is 4.48. The van der Waals surface area contributed by atoms with Gasteiger partial charge < -0.3 is 24.4 Å². The molecular weight excluding hydrogens is 537 g/mol. The number of Topliss-reactive ketones (excluding diaryl/α,β-unsaturated/α-hetero) is 1. The molecule has 2 aromatic heterocycles. The van der Waals surface area contributed by atoms with E-state index >= 15 is 0 Å². The van der Waals surface area contributed by atoms with Crippen LogP contribution in [0.1, 0.15) is 22.3 Å². The summed E-state index contributed by atoms with van der Waals surface area (Å²) >= 11 is 12.4. The highest BCUT2D eigenvalue weighted by Gasteiger charge is 2.62. The van der Waals surface area contributed by atoms with Gasteiger partial charge in [-0.15, -0.1) is 0 Å². The number of ketones is 1. The summed E-state index contributed by atoms with van der Waals surface area (Å²) in [6.07, 6.45) is 0. The molecular formula is C27H15Cl2NO8. The number of hydrogen-bond donors (Lipinski definition) is 2. The molecule has 2 aromatic carbocycles. The number of aliphatic hydroxyl groups is 1. The Hall–Kier alpha value is -4.34. The lowest BCUT2D eigenvalue weighted by molar-refractivity contribution is -0.122. The third-order valence-electron chi connectivity index (χ3n) is 6.78. The molecule has 1 spiro atoms. The van der Waals surface area contributed by atoms with Gasteiger partial charge in [-0.3, -0.25) is 9.59 Å². The second-order valence-electron chi connectivity index (χ2n) is 9.08. The van der Waals surface area contributed by atoms with Crippen LogP contribution < -0.4 is 21.7 Å². The van der Waals surface area contributed by atoms with Crippen molar-refractivity contribution in [2.75, 3.05) is 0 Å². The van der Waals surface area contributed by atoms with Gasteiger partial charge in [0.1, 0.15) is 43.5 Å². The molecule has 6 rings (SSSR count). The number of allylic oxidation sites excluding steroid dienone is 2. The van der Waals surface area contributed by atoms with Gasteiger partial charge in [-0.2, -0.15) is 0 Å². The van der Waals surface area contributed by atoms with Crippen LogP contribution in [0.5, 0.6) is 11.5 Å². The summed E-state index contributed by atoms with van der Waals surface area (Å²) in [7, 11) is 0. The summed E-state index contributed by atoms with van der Waals surface area (Å²) in [5, 5.41) is 10.1. The quantitative estimate of drug-likeness (QED) is 0.328. The molecule has 11 heteroatoms. The maximum atomic E-state index is 14.2. The van der Waals surface area contributed by atoms with Crippen molar-refractivity contribution in [3.8, 4) is 11.5 Å². The molecule has 1 amide bonds. The number of carbonyl (C=O) groups is 2. The van der Waals surface area contributed by atoms with Gasteiger partial charge in [0.05, 0.1) is 16.3 Å². The van der Waals surface area contributed by atoms with Gasteiger partial charge in [0.2, 0.25) is 5.91 Å². The lowest BCUT2D eigenvalue weighted by Crippen LogP contribution is -2.52. The minimum Gasteiger partial charge on any atom is -0.506 e. The number of hydrogen-bond acceptors (Lipinski definition) is 8. The second-order valence-corrected chi connectivity index (χ2v) is 9.84. The molecule has 3 N–H and O–H groups in total. The Bertz CT molecular complexity index is 1890. The molecule has 0 saturated heterocycles. The fraction of sp³-hybridized carbons (Fsp3) is 0.111. The van der Waals surface area contributed by atoms with Gasteiger partial charge in [0, 0.05) is 0 Å². The lowest BCUT2D eigenvalue weighted by Gasteiger charge is -2.39. The van der Waals surface area contributed by atoms with Crippen molar-refractivity contribution in [1.82, 2.24) is 0 Å². The number of rotatable bonds is 1. The van der Waals surface area contributed by atoms with Crippen molar-refractivity contribution in [3.05, 3.63) is 101 Å². The minimum absolute atomic E-state index is 0.109. The van der Waals surface area contributed by atoms with Crippen LogP contribution >= 0.6 is 23.2 Å². The Balaban J connectivity index is 1.96. The number of carbonyl (C=O) groups excluding carboxylic acids is 2. The van der Waals surface area contributed by atoms with E-state index in [2.05, 4.69) is 0 Å². The largest absolute Gasteiger partial charge is 0.506 e. The number of aliphatic hydroxyl groups excluding tert-OH is 1. The van der Waals surface area contributed by atoms with Crippen molar-refractivity contribution in [1.29, 1.82) is 0 Å². The number of fused-ring (bicyclic) bond motifs is 8. The van der Waals surface area contributed by atoms with E-state index in [1.54, 1.807) is 38.1 Å². The SMILES string of the molecule is Cc1ccc2oc(=O)c3c(c2c1)Oc1c(c(=O)oc2ccc(C)cc12)C31C(=O)C(Cl)=C(Cl)C(O)=C1C(N)=O. The van der Waals surface area contributed by atoms with E-state index in [1.807, 2.05) is 0 Å². The first-order valence-corrected chi connectivity index (χ1v) is 11.9. The zero-order chi connectivity index (χ0) is 27.3. The first kappa shape index (κ1) is 24.0. The molecule has 3 heterocycles. The Morgan fingerprint density at radius 1 is 0.842 bits per heavy atom. The Morgan fingerprint density at radius 3 is 1.76 bits per heavy atom. The molecule has 1 aliphatic carbocycles. The lowest BCUT2D eigenvalue weighted by atomic mass is 9.62. The summed E-state index contributed by atoms with van der Waals surface area (Å²) in [5.74, 6) is -3.84. The van der Waals surface area contributed by atoms with Crippen LogP contribution in [0.15, 0.2) is 76.2 Å². The van der Waals surface area contributed by atoms with Crippen LogP contribution in [0.2, 0.25) is 0 Å².